The zero-order valence-electron chi connectivity index (χ0n) is 19.7. The first-order chi connectivity index (χ1) is 14.9. The number of nitrogens with zero attached hydrogens (tertiary/aromatic N) is 3. The summed E-state index contributed by atoms with van der Waals surface area (Å²) in [5.41, 5.74) is 2.53. The Labute approximate surface area is 190 Å². The van der Waals surface area contributed by atoms with Crippen molar-refractivity contribution in [3.05, 3.63) is 28.6 Å². The van der Waals surface area contributed by atoms with Crippen molar-refractivity contribution in [1.29, 1.82) is 5.26 Å². The minimum Gasteiger partial charge on any atom is -0.448 e. The highest BCUT2D eigenvalue weighted by Gasteiger charge is 2.36. The molecule has 0 aromatic carbocycles. The zero-order chi connectivity index (χ0) is 24.2. The van der Waals surface area contributed by atoms with E-state index in [1.165, 1.54) is 17.9 Å². The molecule has 1 aliphatic rings. The molecule has 2 rings (SSSR count). The average Bonchev–Trinajstić information content (AvgIpc) is 3.19. The molecule has 176 valence electrons. The molecule has 1 amide bonds. The number of likely N-dealkylation sites (N-methyl/N-ethyl adjacent to an activating group) is 1. The van der Waals surface area contributed by atoms with Gasteiger partial charge in [-0.25, -0.2) is 13.2 Å². The highest BCUT2D eigenvalue weighted by atomic mass is 32.2. The number of sulfone groups is 1. The lowest BCUT2D eigenvalue weighted by Crippen LogP contribution is -2.46. The molecule has 2 heterocycles. The highest BCUT2D eigenvalue weighted by Crippen LogP contribution is 2.21. The molecule has 1 aromatic rings. The second kappa shape index (κ2) is 10.3. The molecule has 0 N–H and O–H groups in total. The summed E-state index contributed by atoms with van der Waals surface area (Å²) < 4.78 is 31.0. The Morgan fingerprint density at radius 3 is 2.50 bits per heavy atom. The number of carbonyl (C=O) groups is 2. The zero-order valence-corrected chi connectivity index (χ0v) is 20.5. The summed E-state index contributed by atoms with van der Waals surface area (Å²) in [6, 6.07) is 3.37. The van der Waals surface area contributed by atoms with Crippen LogP contribution in [0.25, 0.3) is 6.08 Å². The lowest BCUT2D eigenvalue weighted by molar-refractivity contribution is -0.156. The van der Waals surface area contributed by atoms with Crippen LogP contribution in [0.3, 0.4) is 0 Å². The van der Waals surface area contributed by atoms with Gasteiger partial charge in [0.25, 0.3) is 5.91 Å². The van der Waals surface area contributed by atoms with E-state index in [0.29, 0.717) is 18.9 Å². The minimum absolute atomic E-state index is 0.0478. The fourth-order valence-corrected chi connectivity index (χ4v) is 5.77. The fraction of sp³-hybridized carbons (Fsp3) is 0.609. The maximum absolute atomic E-state index is 12.8. The predicted molar refractivity (Wildman–Crippen MR) is 122 cm³/mol. The Morgan fingerprint density at radius 2 is 2.00 bits per heavy atom. The van der Waals surface area contributed by atoms with Crippen LogP contribution in [-0.2, 0) is 30.7 Å². The van der Waals surface area contributed by atoms with Gasteiger partial charge in [-0.3, -0.25) is 4.79 Å². The van der Waals surface area contributed by atoms with Gasteiger partial charge in [-0.2, -0.15) is 5.26 Å². The van der Waals surface area contributed by atoms with E-state index in [-0.39, 0.29) is 17.1 Å². The van der Waals surface area contributed by atoms with Crippen LogP contribution in [0, 0.1) is 31.1 Å². The van der Waals surface area contributed by atoms with Gasteiger partial charge in [-0.1, -0.05) is 13.8 Å². The predicted octanol–water partition coefficient (Wildman–Crippen LogP) is 2.64. The quantitative estimate of drug-likeness (QED) is 0.333. The van der Waals surface area contributed by atoms with E-state index in [4.69, 9.17) is 4.74 Å². The van der Waals surface area contributed by atoms with Gasteiger partial charge in [0.1, 0.15) is 11.6 Å². The summed E-state index contributed by atoms with van der Waals surface area (Å²) in [4.78, 5) is 26.9. The van der Waals surface area contributed by atoms with Crippen LogP contribution >= 0.6 is 0 Å². The summed E-state index contributed by atoms with van der Waals surface area (Å²) in [7, 11) is -3.15. The molecule has 8 nitrogen and oxygen atoms in total. The average molecular weight is 464 g/mol. The summed E-state index contributed by atoms with van der Waals surface area (Å²) in [6.07, 6.45) is 0.730. The van der Waals surface area contributed by atoms with E-state index < -0.39 is 33.9 Å². The number of hydrogen-bond donors (Lipinski definition) is 0. The number of rotatable bonds is 8. The number of esters is 1. The third-order valence-corrected chi connectivity index (χ3v) is 7.46. The summed E-state index contributed by atoms with van der Waals surface area (Å²) in [6.45, 7) is 12.5. The maximum Gasteiger partial charge on any atom is 0.349 e. The smallest absolute Gasteiger partial charge is 0.349 e. The Hall–Kier alpha value is -2.60. The van der Waals surface area contributed by atoms with Gasteiger partial charge < -0.3 is 14.2 Å². The second-order valence-corrected chi connectivity index (χ2v) is 11.0. The van der Waals surface area contributed by atoms with Gasteiger partial charge in [0.15, 0.2) is 15.9 Å². The van der Waals surface area contributed by atoms with Gasteiger partial charge >= 0.3 is 5.97 Å². The molecule has 32 heavy (non-hydrogen) atoms. The molecule has 9 heteroatoms. The Kier molecular flexibility index (Phi) is 8.29. The number of aryl methyl sites for hydroxylation is 1. The van der Waals surface area contributed by atoms with Gasteiger partial charge in [-0.15, -0.1) is 0 Å². The van der Waals surface area contributed by atoms with E-state index in [2.05, 4.69) is 18.4 Å². The van der Waals surface area contributed by atoms with Crippen molar-refractivity contribution in [2.75, 3.05) is 18.1 Å². The molecule has 1 aromatic heterocycles. The molecule has 1 aliphatic heterocycles. The summed E-state index contributed by atoms with van der Waals surface area (Å²) in [5, 5.41) is 9.52. The third-order valence-electron chi connectivity index (χ3n) is 5.71. The van der Waals surface area contributed by atoms with Crippen LogP contribution in [0.4, 0.5) is 0 Å². The standard InChI is InChI=1S/C23H33N3O5S/c1-7-25(21-8-9-32(29,30)14-21)22(27)18(6)31-23(28)20(12-24)11-19-10-16(4)26(17(19)5)13-15(2)3/h10-11,15,18,21H,7-9,13-14H2,1-6H3. The number of amides is 1. The van der Waals surface area contributed by atoms with Crippen molar-refractivity contribution >= 4 is 27.8 Å². The van der Waals surface area contributed by atoms with Gasteiger partial charge in [0.2, 0.25) is 0 Å². The normalized spacial score (nSPS) is 18.9. The topological polar surface area (TPSA) is 109 Å². The molecule has 0 saturated carbocycles. The number of hydrogen-bond acceptors (Lipinski definition) is 6. The molecule has 1 fully saturated rings. The first kappa shape index (κ1) is 25.7. The number of carbonyl (C=O) groups excluding carboxylic acids is 2. The maximum atomic E-state index is 12.8. The van der Waals surface area contributed by atoms with Crippen LogP contribution in [0.2, 0.25) is 0 Å². The van der Waals surface area contributed by atoms with E-state index in [1.54, 1.807) is 6.92 Å². The molecule has 0 aliphatic carbocycles. The van der Waals surface area contributed by atoms with E-state index in [9.17, 15) is 23.3 Å². The minimum atomic E-state index is -3.15. The second-order valence-electron chi connectivity index (χ2n) is 8.73. The third kappa shape index (κ3) is 6.00. The van der Waals surface area contributed by atoms with Crippen molar-refractivity contribution in [1.82, 2.24) is 9.47 Å². The molecule has 1 saturated heterocycles. The summed E-state index contributed by atoms with van der Waals surface area (Å²) in [5.74, 6) is -0.929. The number of aromatic nitrogens is 1. The molecule has 0 spiro atoms. The lowest BCUT2D eigenvalue weighted by Gasteiger charge is -2.29. The van der Waals surface area contributed by atoms with E-state index in [1.807, 2.05) is 26.0 Å². The first-order valence-electron chi connectivity index (χ1n) is 10.9. The molecule has 2 unspecified atom stereocenters. The molecule has 2 atom stereocenters. The van der Waals surface area contributed by atoms with Crippen molar-refractivity contribution in [2.45, 2.75) is 66.7 Å². The van der Waals surface area contributed by atoms with Gasteiger partial charge in [0, 0.05) is 30.5 Å². The first-order valence-corrected chi connectivity index (χ1v) is 12.7. The Bertz CT molecular complexity index is 1050. The summed E-state index contributed by atoms with van der Waals surface area (Å²) >= 11 is 0. The van der Waals surface area contributed by atoms with Crippen LogP contribution in [0.15, 0.2) is 11.6 Å². The van der Waals surface area contributed by atoms with Crippen LogP contribution in [0.5, 0.6) is 0 Å². The Balaban J connectivity index is 2.16. The van der Waals surface area contributed by atoms with Crippen molar-refractivity contribution < 1.29 is 22.7 Å². The largest absolute Gasteiger partial charge is 0.448 e. The highest BCUT2D eigenvalue weighted by molar-refractivity contribution is 7.91. The lowest BCUT2D eigenvalue weighted by atomic mass is 10.1. The van der Waals surface area contributed by atoms with Crippen molar-refractivity contribution in [2.24, 2.45) is 5.92 Å². The van der Waals surface area contributed by atoms with Crippen LogP contribution < -0.4 is 0 Å². The molecule has 0 radical (unpaired) electrons. The van der Waals surface area contributed by atoms with Gasteiger partial charge in [-0.05, 0) is 57.7 Å². The SMILES string of the molecule is CCN(C(=O)C(C)OC(=O)C(C#N)=Cc1cc(C)n(CC(C)C)c1C)C1CCS(=O)(=O)C1. The van der Waals surface area contributed by atoms with Gasteiger partial charge in [0.05, 0.1) is 11.5 Å². The van der Waals surface area contributed by atoms with E-state index in [0.717, 1.165) is 23.5 Å². The Morgan fingerprint density at radius 1 is 1.34 bits per heavy atom. The fourth-order valence-electron chi connectivity index (χ4n) is 4.04. The number of nitriles is 1. The van der Waals surface area contributed by atoms with E-state index >= 15 is 0 Å². The monoisotopic (exact) mass is 463 g/mol. The van der Waals surface area contributed by atoms with Crippen molar-refractivity contribution in [3.8, 4) is 6.07 Å². The van der Waals surface area contributed by atoms with Crippen LogP contribution in [-0.4, -0.2) is 60.0 Å². The number of ether oxygens (including phenoxy) is 1. The molecular weight excluding hydrogens is 430 g/mol. The molecular formula is C23H33N3O5S. The molecule has 0 bridgehead atoms. The van der Waals surface area contributed by atoms with Crippen LogP contribution in [0.1, 0.15) is 51.1 Å². The van der Waals surface area contributed by atoms with Crippen molar-refractivity contribution in [3.63, 3.8) is 0 Å².